The Balaban J connectivity index is 2.30. The van der Waals surface area contributed by atoms with E-state index in [-0.39, 0.29) is 0 Å². The molecule has 0 unspecified atom stereocenters. The van der Waals surface area contributed by atoms with Crippen LogP contribution in [-0.4, -0.2) is 16.3 Å². The number of carbonyl (C=O) groups excluding carboxylic acids is 1. The fourth-order valence-corrected chi connectivity index (χ4v) is 1.30. The van der Waals surface area contributed by atoms with Gasteiger partial charge in [0.05, 0.1) is 5.69 Å². The fraction of sp³-hybridized carbons (Fsp3) is 0. The molecular weight excluding hydrogens is 200 g/mol. The first-order valence-electron chi connectivity index (χ1n) is 4.72. The van der Waals surface area contributed by atoms with E-state index in [1.54, 1.807) is 6.20 Å². The molecule has 0 N–H and O–H groups in total. The van der Waals surface area contributed by atoms with Crippen LogP contribution in [0.15, 0.2) is 42.9 Å². The van der Waals surface area contributed by atoms with Crippen LogP contribution in [0.1, 0.15) is 5.56 Å². The van der Waals surface area contributed by atoms with Crippen LogP contribution in [0.2, 0.25) is 0 Å². The Morgan fingerprint density at radius 2 is 1.94 bits per heavy atom. The maximum Gasteiger partial charge on any atom is 0.193 e. The molecule has 16 heavy (non-hydrogen) atoms. The number of benzene rings is 1. The molecular formula is C13H8N2O. The molecule has 0 spiro atoms. The van der Waals surface area contributed by atoms with Gasteiger partial charge in [0.1, 0.15) is 6.33 Å². The van der Waals surface area contributed by atoms with Crippen LogP contribution in [0.5, 0.6) is 0 Å². The van der Waals surface area contributed by atoms with Gasteiger partial charge in [-0.2, -0.15) is 0 Å². The Hall–Kier alpha value is -2.47. The molecule has 3 nitrogen and oxygen atoms in total. The summed E-state index contributed by atoms with van der Waals surface area (Å²) in [5.41, 5.74) is 2.67. The van der Waals surface area contributed by atoms with E-state index in [2.05, 4.69) is 21.8 Å². The lowest BCUT2D eigenvalue weighted by atomic mass is 10.1. The van der Waals surface area contributed by atoms with Gasteiger partial charge >= 0.3 is 0 Å². The summed E-state index contributed by atoms with van der Waals surface area (Å²) < 4.78 is 0. The normalized spacial score (nSPS) is 9.00. The van der Waals surface area contributed by atoms with Crippen molar-refractivity contribution in [3.05, 3.63) is 48.4 Å². The summed E-state index contributed by atoms with van der Waals surface area (Å²) >= 11 is 0. The first-order valence-corrected chi connectivity index (χ1v) is 4.72. The number of aromatic nitrogens is 2. The Morgan fingerprint density at radius 3 is 2.56 bits per heavy atom. The number of carbonyl (C=O) groups is 1. The summed E-state index contributed by atoms with van der Waals surface area (Å²) in [5, 5.41) is 0. The van der Waals surface area contributed by atoms with Crippen LogP contribution >= 0.6 is 0 Å². The number of rotatable bonds is 1. The third kappa shape index (κ3) is 2.31. The van der Waals surface area contributed by atoms with Crippen molar-refractivity contribution in [3.63, 3.8) is 0 Å². The number of nitrogens with zero attached hydrogens (tertiary/aromatic N) is 2. The first-order chi connectivity index (χ1) is 7.90. The van der Waals surface area contributed by atoms with E-state index < -0.39 is 0 Å². The molecule has 0 amide bonds. The van der Waals surface area contributed by atoms with E-state index >= 15 is 0 Å². The zero-order valence-corrected chi connectivity index (χ0v) is 8.42. The van der Waals surface area contributed by atoms with Crippen LogP contribution in [0, 0.1) is 11.8 Å². The molecule has 1 aromatic heterocycles. The van der Waals surface area contributed by atoms with Crippen LogP contribution in [0.25, 0.3) is 11.3 Å². The van der Waals surface area contributed by atoms with Crippen molar-refractivity contribution in [2.24, 2.45) is 0 Å². The first kappa shape index (κ1) is 10.1. The number of aldehydes is 1. The van der Waals surface area contributed by atoms with Gasteiger partial charge in [0, 0.05) is 17.3 Å². The zero-order chi connectivity index (χ0) is 11.2. The lowest BCUT2D eigenvalue weighted by molar-refractivity contribution is -0.103. The highest BCUT2D eigenvalue weighted by molar-refractivity contribution is 5.74. The third-order valence-corrected chi connectivity index (χ3v) is 2.04. The molecule has 2 aromatic rings. The Labute approximate surface area is 93.2 Å². The molecule has 0 aliphatic carbocycles. The van der Waals surface area contributed by atoms with Crippen LogP contribution in [0.3, 0.4) is 0 Å². The summed E-state index contributed by atoms with van der Waals surface area (Å²) in [6.07, 6.45) is 3.79. The van der Waals surface area contributed by atoms with E-state index in [0.717, 1.165) is 16.8 Å². The van der Waals surface area contributed by atoms with E-state index in [1.807, 2.05) is 30.3 Å². The monoisotopic (exact) mass is 208 g/mol. The van der Waals surface area contributed by atoms with Crippen molar-refractivity contribution < 1.29 is 4.79 Å². The van der Waals surface area contributed by atoms with Crippen LogP contribution < -0.4 is 0 Å². The molecule has 2 rings (SSSR count). The largest absolute Gasteiger partial charge is 0.289 e. The lowest BCUT2D eigenvalue weighted by Crippen LogP contribution is -1.84. The van der Waals surface area contributed by atoms with Gasteiger partial charge in [-0.15, -0.1) is 0 Å². The van der Waals surface area contributed by atoms with E-state index in [9.17, 15) is 4.79 Å². The van der Waals surface area contributed by atoms with Gasteiger partial charge in [0.2, 0.25) is 0 Å². The minimum Gasteiger partial charge on any atom is -0.289 e. The van der Waals surface area contributed by atoms with Crippen LogP contribution in [-0.2, 0) is 4.79 Å². The smallest absolute Gasteiger partial charge is 0.193 e. The average Bonchev–Trinajstić information content (AvgIpc) is 2.38. The van der Waals surface area contributed by atoms with Gasteiger partial charge in [0.25, 0.3) is 0 Å². The minimum atomic E-state index is 0.582. The molecule has 0 aliphatic rings. The van der Waals surface area contributed by atoms with Gasteiger partial charge in [-0.05, 0) is 24.1 Å². The molecule has 0 aliphatic heterocycles. The molecule has 76 valence electrons. The van der Waals surface area contributed by atoms with Gasteiger partial charge < -0.3 is 0 Å². The Kier molecular flexibility index (Phi) is 3.05. The van der Waals surface area contributed by atoms with Gasteiger partial charge in [-0.3, -0.25) is 4.79 Å². The van der Waals surface area contributed by atoms with Gasteiger partial charge in [0.15, 0.2) is 6.29 Å². The second-order valence-corrected chi connectivity index (χ2v) is 3.06. The van der Waals surface area contributed by atoms with Crippen molar-refractivity contribution in [1.29, 1.82) is 0 Å². The third-order valence-electron chi connectivity index (χ3n) is 2.04. The predicted molar refractivity (Wildman–Crippen MR) is 60.4 cm³/mol. The number of hydrogen-bond donors (Lipinski definition) is 0. The zero-order valence-electron chi connectivity index (χ0n) is 8.42. The molecule has 1 aromatic carbocycles. The standard InChI is InChI=1S/C13H8N2O/c16-9-1-2-11-3-5-12(6-4-11)13-7-8-14-10-15-13/h3-10H. The summed E-state index contributed by atoms with van der Waals surface area (Å²) in [4.78, 5) is 18.1. The maximum absolute atomic E-state index is 10.1. The highest BCUT2D eigenvalue weighted by atomic mass is 16.1. The summed E-state index contributed by atoms with van der Waals surface area (Å²) in [6.45, 7) is 0. The maximum atomic E-state index is 10.1. The van der Waals surface area contributed by atoms with Crippen molar-refractivity contribution in [1.82, 2.24) is 9.97 Å². The molecule has 3 heteroatoms. The van der Waals surface area contributed by atoms with Gasteiger partial charge in [-0.1, -0.05) is 18.1 Å². The second-order valence-electron chi connectivity index (χ2n) is 3.06. The quantitative estimate of drug-likeness (QED) is 0.529. The van der Waals surface area contributed by atoms with Crippen molar-refractivity contribution >= 4 is 6.29 Å². The fourth-order valence-electron chi connectivity index (χ4n) is 1.30. The molecule has 0 saturated heterocycles. The molecule has 0 saturated carbocycles. The summed E-state index contributed by atoms with van der Waals surface area (Å²) in [6, 6.07) is 9.38. The Bertz CT molecular complexity index is 536. The van der Waals surface area contributed by atoms with Crippen molar-refractivity contribution in [3.8, 4) is 23.1 Å². The van der Waals surface area contributed by atoms with Crippen molar-refractivity contribution in [2.45, 2.75) is 0 Å². The minimum absolute atomic E-state index is 0.582. The highest BCUT2D eigenvalue weighted by Crippen LogP contribution is 2.15. The second kappa shape index (κ2) is 4.85. The summed E-state index contributed by atoms with van der Waals surface area (Å²) in [5.74, 6) is 5.09. The van der Waals surface area contributed by atoms with E-state index in [0.29, 0.717) is 6.29 Å². The average molecular weight is 208 g/mol. The highest BCUT2D eigenvalue weighted by Gasteiger charge is 1.97. The van der Waals surface area contributed by atoms with Crippen LogP contribution in [0.4, 0.5) is 0 Å². The number of hydrogen-bond acceptors (Lipinski definition) is 3. The predicted octanol–water partition coefficient (Wildman–Crippen LogP) is 1.69. The molecule has 1 heterocycles. The van der Waals surface area contributed by atoms with Crippen molar-refractivity contribution in [2.75, 3.05) is 0 Å². The molecule has 0 radical (unpaired) electrons. The lowest BCUT2D eigenvalue weighted by Gasteiger charge is -1.99. The summed E-state index contributed by atoms with van der Waals surface area (Å²) in [7, 11) is 0. The molecule has 0 fully saturated rings. The SMILES string of the molecule is O=CC#Cc1ccc(-c2ccncn2)cc1. The topological polar surface area (TPSA) is 42.9 Å². The Morgan fingerprint density at radius 1 is 1.12 bits per heavy atom. The molecule has 0 atom stereocenters. The van der Waals surface area contributed by atoms with E-state index in [4.69, 9.17) is 0 Å². The van der Waals surface area contributed by atoms with E-state index in [1.165, 1.54) is 6.33 Å². The van der Waals surface area contributed by atoms with Gasteiger partial charge in [-0.25, -0.2) is 9.97 Å². The molecule has 0 bridgehead atoms.